The highest BCUT2D eigenvalue weighted by atomic mass is 16.7. The van der Waals surface area contributed by atoms with E-state index in [1.165, 1.54) is 21.1 Å². The maximum Gasteiger partial charge on any atom is 0.354 e. The van der Waals surface area contributed by atoms with Crippen LogP contribution in [0.2, 0.25) is 0 Å². The number of rotatable bonds is 11. The molecule has 3 heterocycles. The first-order valence-electron chi connectivity index (χ1n) is 13.9. The molecule has 3 N–H and O–H groups in total. The van der Waals surface area contributed by atoms with Crippen LogP contribution in [0.15, 0.2) is 53.2 Å². The molecule has 16 heteroatoms. The van der Waals surface area contributed by atoms with Gasteiger partial charge in [-0.3, -0.25) is 19.2 Å². The van der Waals surface area contributed by atoms with Gasteiger partial charge in [0.1, 0.15) is 40.5 Å². The Hall–Kier alpha value is -5.90. The van der Waals surface area contributed by atoms with Crippen LogP contribution in [-0.2, 0) is 24.0 Å². The maximum atomic E-state index is 13.8. The minimum Gasteiger partial charge on any atom is -0.497 e. The second-order valence-electron chi connectivity index (χ2n) is 10.0. The molecule has 2 unspecified atom stereocenters. The number of hydrogen-bond donors (Lipinski definition) is 3. The number of carbonyl (C=O) groups is 5. The number of hydrogen-bond acceptors (Lipinski definition) is 13. The number of pyridine rings is 1. The van der Waals surface area contributed by atoms with E-state index in [2.05, 4.69) is 25.9 Å². The summed E-state index contributed by atoms with van der Waals surface area (Å²) in [7, 11) is 3.02. The average molecular weight is 633 g/mol. The third kappa shape index (κ3) is 6.32. The highest BCUT2D eigenvalue weighted by molar-refractivity contribution is 6.10. The third-order valence-electron chi connectivity index (χ3n) is 7.07. The number of benzene rings is 2. The number of imide groups is 1. The normalized spacial score (nSPS) is 14.1. The van der Waals surface area contributed by atoms with E-state index in [1.807, 2.05) is 0 Å². The van der Waals surface area contributed by atoms with Crippen LogP contribution < -0.4 is 20.1 Å². The smallest absolute Gasteiger partial charge is 0.354 e. The molecule has 1 aliphatic rings. The van der Waals surface area contributed by atoms with Crippen molar-refractivity contribution in [1.29, 1.82) is 0 Å². The van der Waals surface area contributed by atoms with Crippen LogP contribution in [0.25, 0.3) is 33.4 Å². The Morgan fingerprint density at radius 3 is 2.02 bits per heavy atom. The molecule has 1 fully saturated rings. The van der Waals surface area contributed by atoms with E-state index in [0.717, 1.165) is 0 Å². The van der Waals surface area contributed by atoms with E-state index >= 15 is 0 Å². The van der Waals surface area contributed by atoms with Crippen LogP contribution in [0.3, 0.4) is 0 Å². The van der Waals surface area contributed by atoms with E-state index in [-0.39, 0.29) is 40.8 Å². The van der Waals surface area contributed by atoms with Crippen molar-refractivity contribution in [1.82, 2.24) is 31.0 Å². The van der Waals surface area contributed by atoms with Gasteiger partial charge in [-0.1, -0.05) is 12.1 Å². The van der Waals surface area contributed by atoms with Crippen LogP contribution in [0.5, 0.6) is 11.5 Å². The van der Waals surface area contributed by atoms with E-state index in [1.54, 1.807) is 48.5 Å². The highest BCUT2D eigenvalue weighted by Gasteiger charge is 2.35. The number of methoxy groups -OCH3 is 2. The lowest BCUT2D eigenvalue weighted by molar-refractivity contribution is -0.198. The van der Waals surface area contributed by atoms with E-state index in [0.29, 0.717) is 27.7 Å². The summed E-state index contributed by atoms with van der Waals surface area (Å²) in [5.41, 5.74) is 1.79. The Labute approximate surface area is 260 Å². The lowest BCUT2D eigenvalue weighted by Crippen LogP contribution is -2.53. The monoisotopic (exact) mass is 632 g/mol. The van der Waals surface area contributed by atoms with Crippen molar-refractivity contribution in [3.8, 4) is 33.9 Å². The van der Waals surface area contributed by atoms with Gasteiger partial charge in [0.2, 0.25) is 5.91 Å². The molecule has 0 bridgehead atoms. The maximum absolute atomic E-state index is 13.8. The standard InChI is InChI=1S/C30H28N6O10/c1-15(30(42)45-36-21(38)12-13-22(36)39)31-28(40)20(14-37)32-29(41)26-23(16-4-8-18(43-2)9-5-16)25-27(35-46-34-25)24(33-26)17-6-10-19(44-3)11-7-17/h4-11,15,20,37H,12-14H2,1-3H3,(H,31,40)(H,32,41). The van der Waals surface area contributed by atoms with Crippen molar-refractivity contribution in [3.63, 3.8) is 0 Å². The van der Waals surface area contributed by atoms with Gasteiger partial charge in [-0.25, -0.2) is 14.4 Å². The lowest BCUT2D eigenvalue weighted by atomic mass is 9.98. The number of carbonyl (C=O) groups excluding carboxylic acids is 5. The SMILES string of the molecule is COc1ccc(-c2nc(C(=O)NC(CO)C(=O)NC(C)C(=O)ON3C(=O)CCC3=O)c(-c3ccc(OC)cc3)c3nonc23)cc1. The number of aromatic nitrogens is 3. The van der Waals surface area contributed by atoms with Crippen molar-refractivity contribution in [2.24, 2.45) is 0 Å². The molecule has 46 heavy (non-hydrogen) atoms. The van der Waals surface area contributed by atoms with Crippen molar-refractivity contribution in [2.45, 2.75) is 31.8 Å². The summed E-state index contributed by atoms with van der Waals surface area (Å²) in [4.78, 5) is 72.3. The third-order valence-corrected chi connectivity index (χ3v) is 7.07. The molecule has 238 valence electrons. The molecule has 5 rings (SSSR count). The number of nitrogens with zero attached hydrogens (tertiary/aromatic N) is 4. The lowest BCUT2D eigenvalue weighted by Gasteiger charge is -2.21. The fourth-order valence-electron chi connectivity index (χ4n) is 4.61. The minimum atomic E-state index is -1.56. The zero-order valence-corrected chi connectivity index (χ0v) is 24.8. The summed E-state index contributed by atoms with van der Waals surface area (Å²) in [6, 6.07) is 10.6. The largest absolute Gasteiger partial charge is 0.497 e. The minimum absolute atomic E-state index is 0.103. The molecular weight excluding hydrogens is 604 g/mol. The van der Waals surface area contributed by atoms with Gasteiger partial charge in [0.25, 0.3) is 17.7 Å². The highest BCUT2D eigenvalue weighted by Crippen LogP contribution is 2.36. The number of hydroxylamine groups is 2. The molecule has 2 aromatic carbocycles. The molecule has 1 saturated heterocycles. The number of aliphatic hydroxyl groups excluding tert-OH is 1. The fraction of sp³-hybridized carbons (Fsp3) is 0.267. The Kier molecular flexibility index (Phi) is 9.18. The molecule has 0 radical (unpaired) electrons. The van der Waals surface area contributed by atoms with Gasteiger partial charge in [0, 0.05) is 24.0 Å². The average Bonchev–Trinajstić information content (AvgIpc) is 3.69. The Bertz CT molecular complexity index is 1790. The molecule has 2 atom stereocenters. The van der Waals surface area contributed by atoms with Gasteiger partial charge in [0.05, 0.1) is 20.8 Å². The van der Waals surface area contributed by atoms with E-state index in [4.69, 9.17) is 18.9 Å². The molecule has 4 aromatic rings. The van der Waals surface area contributed by atoms with Gasteiger partial charge in [-0.2, -0.15) is 0 Å². The first-order chi connectivity index (χ1) is 22.1. The zero-order valence-electron chi connectivity index (χ0n) is 24.8. The predicted octanol–water partition coefficient (Wildman–Crippen LogP) is 1.17. The molecule has 0 spiro atoms. The molecule has 1 aliphatic heterocycles. The van der Waals surface area contributed by atoms with Gasteiger partial charge in [-0.05, 0) is 59.2 Å². The van der Waals surface area contributed by atoms with Crippen LogP contribution in [-0.4, -0.2) is 88.0 Å². The number of nitrogens with one attached hydrogen (secondary N) is 2. The topological polar surface area (TPSA) is 212 Å². The van der Waals surface area contributed by atoms with Crippen molar-refractivity contribution in [3.05, 3.63) is 54.2 Å². The van der Waals surface area contributed by atoms with Crippen molar-refractivity contribution >= 4 is 40.6 Å². The van der Waals surface area contributed by atoms with Gasteiger partial charge >= 0.3 is 5.97 Å². The summed E-state index contributed by atoms with van der Waals surface area (Å²) in [5.74, 6) is -3.17. The van der Waals surface area contributed by atoms with Gasteiger partial charge in [0.15, 0.2) is 5.52 Å². The van der Waals surface area contributed by atoms with Crippen LogP contribution in [0.1, 0.15) is 30.3 Å². The second kappa shape index (κ2) is 13.4. The first kappa shape index (κ1) is 31.5. The number of ether oxygens (including phenoxy) is 2. The predicted molar refractivity (Wildman–Crippen MR) is 157 cm³/mol. The second-order valence-corrected chi connectivity index (χ2v) is 10.0. The van der Waals surface area contributed by atoms with Gasteiger partial charge < -0.3 is 30.1 Å². The van der Waals surface area contributed by atoms with Crippen molar-refractivity contribution in [2.75, 3.05) is 20.8 Å². The number of fused-ring (bicyclic) bond motifs is 1. The summed E-state index contributed by atoms with van der Waals surface area (Å²) in [6.45, 7) is 0.386. The van der Waals surface area contributed by atoms with E-state index in [9.17, 15) is 29.1 Å². The fourth-order valence-corrected chi connectivity index (χ4v) is 4.61. The summed E-state index contributed by atoms with van der Waals surface area (Å²) < 4.78 is 15.5. The Morgan fingerprint density at radius 1 is 0.891 bits per heavy atom. The Balaban J connectivity index is 1.46. The Morgan fingerprint density at radius 2 is 1.46 bits per heavy atom. The first-order valence-corrected chi connectivity index (χ1v) is 13.9. The molecule has 0 aliphatic carbocycles. The molecule has 16 nitrogen and oxygen atoms in total. The van der Waals surface area contributed by atoms with Crippen molar-refractivity contribution < 1.29 is 48.0 Å². The van der Waals surface area contributed by atoms with Crippen LogP contribution >= 0.6 is 0 Å². The quantitative estimate of drug-likeness (QED) is 0.198. The molecular formula is C30H28N6O10. The van der Waals surface area contributed by atoms with Crippen LogP contribution in [0.4, 0.5) is 0 Å². The van der Waals surface area contributed by atoms with E-state index < -0.39 is 48.3 Å². The zero-order chi connectivity index (χ0) is 33.0. The number of aliphatic hydroxyl groups is 1. The molecule has 2 aromatic heterocycles. The number of amides is 4. The molecule has 0 saturated carbocycles. The van der Waals surface area contributed by atoms with Crippen LogP contribution in [0, 0.1) is 0 Å². The summed E-state index contributed by atoms with van der Waals surface area (Å²) in [6.07, 6.45) is -0.206. The molecule has 4 amide bonds. The van der Waals surface area contributed by atoms with Gasteiger partial charge in [-0.15, -0.1) is 5.06 Å². The summed E-state index contributed by atoms with van der Waals surface area (Å²) >= 11 is 0. The summed E-state index contributed by atoms with van der Waals surface area (Å²) in [5, 5.41) is 23.2.